The molecule has 0 radical (unpaired) electrons. The second-order valence-electron chi connectivity index (χ2n) is 6.53. The number of rotatable bonds is 2. The Morgan fingerprint density at radius 3 is 3.00 bits per heavy atom. The quantitative estimate of drug-likeness (QED) is 0.868. The number of hydrogen-bond acceptors (Lipinski definition) is 2. The van der Waals surface area contributed by atoms with Crippen LogP contribution < -0.4 is 5.32 Å². The lowest BCUT2D eigenvalue weighted by atomic mass is 9.78. The molecule has 1 aromatic rings. The van der Waals surface area contributed by atoms with Gasteiger partial charge in [-0.05, 0) is 31.7 Å². The summed E-state index contributed by atoms with van der Waals surface area (Å²) in [7, 11) is 0. The van der Waals surface area contributed by atoms with Crippen LogP contribution in [0.4, 0.5) is 4.39 Å². The van der Waals surface area contributed by atoms with Crippen molar-refractivity contribution < 1.29 is 4.39 Å². The monoisotopic (exact) mass is 306 g/mol. The minimum Gasteiger partial charge on any atom is -0.359 e. The molecule has 3 rings (SSSR count). The normalized spacial score (nSPS) is 32.3. The van der Waals surface area contributed by atoms with Gasteiger partial charge >= 0.3 is 0 Å². The van der Waals surface area contributed by atoms with Gasteiger partial charge < -0.3 is 5.32 Å². The molecule has 2 nitrogen and oxygen atoms in total. The number of halogens is 1. The number of hydrogen-bond donors (Lipinski definition) is 1. The first-order valence-electron chi connectivity index (χ1n) is 7.81. The maximum Gasteiger partial charge on any atom is 0.157 e. The molecule has 2 fully saturated rings. The van der Waals surface area contributed by atoms with Gasteiger partial charge in [-0.25, -0.2) is 4.39 Å². The predicted molar refractivity (Wildman–Crippen MR) is 88.2 cm³/mol. The van der Waals surface area contributed by atoms with Gasteiger partial charge in [-0.1, -0.05) is 49.7 Å². The molecular formula is C17H23FN2S. The summed E-state index contributed by atoms with van der Waals surface area (Å²) in [4.78, 5) is 4.71. The number of thioether (sulfide) groups is 1. The summed E-state index contributed by atoms with van der Waals surface area (Å²) in [5, 5.41) is 4.63. The van der Waals surface area contributed by atoms with Crippen molar-refractivity contribution in [2.45, 2.75) is 51.1 Å². The molecule has 1 aliphatic carbocycles. The van der Waals surface area contributed by atoms with Gasteiger partial charge in [-0.15, -0.1) is 0 Å². The van der Waals surface area contributed by atoms with Gasteiger partial charge in [0.15, 0.2) is 5.17 Å². The first-order chi connectivity index (χ1) is 10.1. The molecule has 1 spiro atoms. The van der Waals surface area contributed by atoms with Crippen LogP contribution in [0.15, 0.2) is 29.3 Å². The van der Waals surface area contributed by atoms with Crippen LogP contribution in [0, 0.1) is 11.7 Å². The van der Waals surface area contributed by atoms with E-state index in [1.807, 2.05) is 19.1 Å². The average Bonchev–Trinajstić information content (AvgIpc) is 2.81. The molecule has 3 atom stereocenters. The van der Waals surface area contributed by atoms with Crippen molar-refractivity contribution in [2.24, 2.45) is 10.9 Å². The second-order valence-corrected chi connectivity index (χ2v) is 7.49. The number of aliphatic imine (C=N–C) groups is 1. The van der Waals surface area contributed by atoms with Crippen molar-refractivity contribution in [2.75, 3.05) is 5.75 Å². The first-order valence-corrected chi connectivity index (χ1v) is 8.80. The second kappa shape index (κ2) is 5.99. The Morgan fingerprint density at radius 2 is 2.24 bits per heavy atom. The summed E-state index contributed by atoms with van der Waals surface area (Å²) < 4.78 is 13.8. The van der Waals surface area contributed by atoms with Gasteiger partial charge in [0, 0.05) is 16.9 Å². The van der Waals surface area contributed by atoms with E-state index in [0.29, 0.717) is 5.56 Å². The average molecular weight is 306 g/mol. The van der Waals surface area contributed by atoms with Gasteiger partial charge in [0.1, 0.15) is 5.82 Å². The Labute approximate surface area is 130 Å². The van der Waals surface area contributed by atoms with Crippen LogP contribution in [-0.4, -0.2) is 16.5 Å². The molecule has 114 valence electrons. The van der Waals surface area contributed by atoms with Crippen LogP contribution >= 0.6 is 11.8 Å². The Kier molecular flexibility index (Phi) is 4.25. The molecular weight excluding hydrogens is 283 g/mol. The molecule has 1 aliphatic heterocycles. The highest BCUT2D eigenvalue weighted by Crippen LogP contribution is 2.39. The van der Waals surface area contributed by atoms with E-state index >= 15 is 0 Å². The number of benzene rings is 1. The van der Waals surface area contributed by atoms with Crippen molar-refractivity contribution in [3.8, 4) is 0 Å². The van der Waals surface area contributed by atoms with Crippen LogP contribution in [-0.2, 0) is 0 Å². The molecule has 1 saturated heterocycles. The van der Waals surface area contributed by atoms with Crippen LogP contribution in [0.1, 0.15) is 51.1 Å². The zero-order valence-corrected chi connectivity index (χ0v) is 13.5. The summed E-state index contributed by atoms with van der Waals surface area (Å²) in [6.45, 7) is 4.30. The van der Waals surface area contributed by atoms with Crippen molar-refractivity contribution in [1.82, 2.24) is 5.32 Å². The van der Waals surface area contributed by atoms with Gasteiger partial charge in [-0.2, -0.15) is 0 Å². The largest absolute Gasteiger partial charge is 0.359 e. The summed E-state index contributed by atoms with van der Waals surface area (Å²) >= 11 is 1.80. The van der Waals surface area contributed by atoms with Crippen molar-refractivity contribution in [3.05, 3.63) is 35.6 Å². The van der Waals surface area contributed by atoms with Crippen LogP contribution in [0.5, 0.6) is 0 Å². The molecule has 1 heterocycles. The molecule has 1 N–H and O–H groups in total. The van der Waals surface area contributed by atoms with Gasteiger partial charge in [0.25, 0.3) is 0 Å². The maximum atomic E-state index is 13.8. The fraction of sp³-hybridized carbons (Fsp3) is 0.588. The predicted octanol–water partition coefficient (Wildman–Crippen LogP) is 4.53. The Bertz CT molecular complexity index is 545. The van der Waals surface area contributed by atoms with E-state index < -0.39 is 0 Å². The lowest BCUT2D eigenvalue weighted by Crippen LogP contribution is -2.47. The number of amidine groups is 1. The SMILES string of the molecule is CC1CCCC2(CSC(=NC(C)c3ccccc3F)N2)C1. The van der Waals surface area contributed by atoms with E-state index in [1.165, 1.54) is 31.7 Å². The maximum absolute atomic E-state index is 13.8. The van der Waals surface area contributed by atoms with Crippen molar-refractivity contribution in [1.29, 1.82) is 0 Å². The zero-order valence-electron chi connectivity index (χ0n) is 12.7. The van der Waals surface area contributed by atoms with Gasteiger partial charge in [-0.3, -0.25) is 4.99 Å². The lowest BCUT2D eigenvalue weighted by Gasteiger charge is -2.36. The fourth-order valence-corrected chi connectivity index (χ4v) is 4.81. The van der Waals surface area contributed by atoms with E-state index in [2.05, 4.69) is 12.2 Å². The molecule has 4 heteroatoms. The summed E-state index contributed by atoms with van der Waals surface area (Å²) in [5.41, 5.74) is 0.904. The molecule has 1 saturated carbocycles. The van der Waals surface area contributed by atoms with E-state index in [1.54, 1.807) is 17.8 Å². The standard InChI is InChI=1S/C17H23FN2S/c1-12-6-5-9-17(10-12)11-21-16(20-17)19-13(2)14-7-3-4-8-15(14)18/h3-4,7-8,12-13H,5-6,9-11H2,1-2H3,(H,19,20). The topological polar surface area (TPSA) is 24.4 Å². The highest BCUT2D eigenvalue weighted by atomic mass is 32.2. The fourth-order valence-electron chi connectivity index (χ4n) is 3.54. The Morgan fingerprint density at radius 1 is 1.43 bits per heavy atom. The smallest absolute Gasteiger partial charge is 0.157 e. The lowest BCUT2D eigenvalue weighted by molar-refractivity contribution is 0.242. The van der Waals surface area contributed by atoms with E-state index in [-0.39, 0.29) is 17.4 Å². The molecule has 2 aliphatic rings. The molecule has 21 heavy (non-hydrogen) atoms. The molecule has 0 bridgehead atoms. The minimum atomic E-state index is -0.168. The van der Waals surface area contributed by atoms with E-state index in [0.717, 1.165) is 16.8 Å². The molecule has 0 amide bonds. The third kappa shape index (κ3) is 3.25. The minimum absolute atomic E-state index is 0.141. The van der Waals surface area contributed by atoms with Crippen LogP contribution in [0.25, 0.3) is 0 Å². The third-order valence-electron chi connectivity index (χ3n) is 4.61. The van der Waals surface area contributed by atoms with Crippen molar-refractivity contribution >= 4 is 16.9 Å². The molecule has 1 aromatic carbocycles. The Hall–Kier alpha value is -1.03. The highest BCUT2D eigenvalue weighted by Gasteiger charge is 2.40. The third-order valence-corrected chi connectivity index (χ3v) is 5.79. The zero-order chi connectivity index (χ0) is 14.9. The first kappa shape index (κ1) is 14.9. The summed E-state index contributed by atoms with van der Waals surface area (Å²) in [5.74, 6) is 1.72. The molecule has 3 unspecified atom stereocenters. The highest BCUT2D eigenvalue weighted by molar-refractivity contribution is 8.14. The van der Waals surface area contributed by atoms with Crippen molar-refractivity contribution in [3.63, 3.8) is 0 Å². The number of nitrogens with zero attached hydrogens (tertiary/aromatic N) is 1. The van der Waals surface area contributed by atoms with E-state index in [4.69, 9.17) is 4.99 Å². The molecule has 0 aromatic heterocycles. The van der Waals surface area contributed by atoms with Gasteiger partial charge in [0.05, 0.1) is 6.04 Å². The van der Waals surface area contributed by atoms with Crippen LogP contribution in [0.2, 0.25) is 0 Å². The van der Waals surface area contributed by atoms with Crippen LogP contribution in [0.3, 0.4) is 0 Å². The number of nitrogens with one attached hydrogen (secondary N) is 1. The van der Waals surface area contributed by atoms with E-state index in [9.17, 15) is 4.39 Å². The summed E-state index contributed by atoms with van der Waals surface area (Å²) in [6.07, 6.45) is 5.10. The Balaban J connectivity index is 1.72. The summed E-state index contributed by atoms with van der Waals surface area (Å²) in [6, 6.07) is 6.78. The van der Waals surface area contributed by atoms with Gasteiger partial charge in [0.2, 0.25) is 0 Å².